The van der Waals surface area contributed by atoms with Crippen LogP contribution in [0.5, 0.6) is 0 Å². The van der Waals surface area contributed by atoms with Crippen LogP contribution in [0, 0.1) is 0 Å². The van der Waals surface area contributed by atoms with Crippen LogP contribution >= 0.6 is 0 Å². The maximum atomic E-state index is 6.21. The predicted molar refractivity (Wildman–Crippen MR) is 65.0 cm³/mol. The number of likely N-dealkylation sites (tertiary alicyclic amines) is 1. The SMILES string of the molecule is CC1CCCCN1CC(N)c1cnn(C)c1. The van der Waals surface area contributed by atoms with E-state index in [9.17, 15) is 0 Å². The first-order valence-electron chi connectivity index (χ1n) is 6.15. The van der Waals surface area contributed by atoms with E-state index in [1.54, 1.807) is 0 Å². The Morgan fingerprint density at radius 1 is 1.56 bits per heavy atom. The zero-order valence-corrected chi connectivity index (χ0v) is 10.3. The molecule has 1 aromatic heterocycles. The molecular formula is C12H22N4. The fourth-order valence-electron chi connectivity index (χ4n) is 2.42. The molecule has 0 spiro atoms. The lowest BCUT2D eigenvalue weighted by Gasteiger charge is -2.34. The van der Waals surface area contributed by atoms with Crippen LogP contribution < -0.4 is 5.73 Å². The van der Waals surface area contributed by atoms with Gasteiger partial charge in [-0.15, -0.1) is 0 Å². The molecule has 0 saturated carbocycles. The minimum Gasteiger partial charge on any atom is -0.323 e. The van der Waals surface area contributed by atoms with Crippen LogP contribution in [0.1, 0.15) is 37.8 Å². The van der Waals surface area contributed by atoms with Crippen molar-refractivity contribution in [1.82, 2.24) is 14.7 Å². The molecule has 4 nitrogen and oxygen atoms in total. The Morgan fingerprint density at radius 3 is 3.00 bits per heavy atom. The van der Waals surface area contributed by atoms with Crippen molar-refractivity contribution in [3.8, 4) is 0 Å². The Balaban J connectivity index is 1.93. The van der Waals surface area contributed by atoms with Crippen molar-refractivity contribution < 1.29 is 0 Å². The van der Waals surface area contributed by atoms with Gasteiger partial charge in [-0.05, 0) is 26.3 Å². The molecule has 0 radical (unpaired) electrons. The van der Waals surface area contributed by atoms with Gasteiger partial charge in [-0.2, -0.15) is 5.10 Å². The van der Waals surface area contributed by atoms with Gasteiger partial charge < -0.3 is 5.73 Å². The van der Waals surface area contributed by atoms with Crippen LogP contribution in [-0.4, -0.2) is 33.8 Å². The molecule has 4 heteroatoms. The smallest absolute Gasteiger partial charge is 0.0537 e. The van der Waals surface area contributed by atoms with Crippen molar-refractivity contribution in [2.45, 2.75) is 38.3 Å². The lowest BCUT2D eigenvalue weighted by atomic mass is 10.0. The molecule has 1 aromatic rings. The molecule has 0 aromatic carbocycles. The van der Waals surface area contributed by atoms with E-state index in [4.69, 9.17) is 5.73 Å². The molecule has 1 aliphatic rings. The van der Waals surface area contributed by atoms with E-state index < -0.39 is 0 Å². The first-order chi connectivity index (χ1) is 7.66. The summed E-state index contributed by atoms with van der Waals surface area (Å²) < 4.78 is 1.81. The third-order valence-corrected chi connectivity index (χ3v) is 3.52. The van der Waals surface area contributed by atoms with Gasteiger partial charge in [0.2, 0.25) is 0 Å². The van der Waals surface area contributed by atoms with Crippen LogP contribution in [0.15, 0.2) is 12.4 Å². The van der Waals surface area contributed by atoms with Gasteiger partial charge in [0.25, 0.3) is 0 Å². The second-order valence-corrected chi connectivity index (χ2v) is 4.89. The quantitative estimate of drug-likeness (QED) is 0.838. The maximum Gasteiger partial charge on any atom is 0.0537 e. The molecule has 2 heterocycles. The number of piperidine rings is 1. The number of hydrogen-bond acceptors (Lipinski definition) is 3. The second kappa shape index (κ2) is 4.97. The van der Waals surface area contributed by atoms with E-state index in [0.29, 0.717) is 6.04 Å². The molecule has 16 heavy (non-hydrogen) atoms. The van der Waals surface area contributed by atoms with E-state index in [1.807, 2.05) is 24.1 Å². The Labute approximate surface area is 97.4 Å². The van der Waals surface area contributed by atoms with Crippen LogP contribution in [0.2, 0.25) is 0 Å². The summed E-state index contributed by atoms with van der Waals surface area (Å²) >= 11 is 0. The van der Waals surface area contributed by atoms with Crippen molar-refractivity contribution in [3.05, 3.63) is 18.0 Å². The minimum absolute atomic E-state index is 0.0919. The lowest BCUT2D eigenvalue weighted by molar-refractivity contribution is 0.151. The van der Waals surface area contributed by atoms with E-state index >= 15 is 0 Å². The monoisotopic (exact) mass is 222 g/mol. The third-order valence-electron chi connectivity index (χ3n) is 3.52. The maximum absolute atomic E-state index is 6.21. The predicted octanol–water partition coefficient (Wildman–Crippen LogP) is 1.29. The molecule has 2 rings (SSSR count). The highest BCUT2D eigenvalue weighted by Crippen LogP contribution is 2.19. The summed E-state index contributed by atoms with van der Waals surface area (Å²) in [6.45, 7) is 4.44. The summed E-state index contributed by atoms with van der Waals surface area (Å²) in [5.74, 6) is 0. The standard InChI is InChI=1S/C12H22N4/c1-10-5-3-4-6-16(10)9-12(13)11-7-14-15(2)8-11/h7-8,10,12H,3-6,9,13H2,1-2H3. The van der Waals surface area contributed by atoms with Crippen molar-refractivity contribution >= 4 is 0 Å². The third kappa shape index (κ3) is 2.62. The summed E-state index contributed by atoms with van der Waals surface area (Å²) in [4.78, 5) is 2.50. The summed E-state index contributed by atoms with van der Waals surface area (Å²) in [5, 5.41) is 4.17. The first-order valence-corrected chi connectivity index (χ1v) is 6.15. The number of aryl methyl sites for hydroxylation is 1. The molecule has 0 aliphatic carbocycles. The van der Waals surface area contributed by atoms with E-state index in [0.717, 1.165) is 12.1 Å². The fraction of sp³-hybridized carbons (Fsp3) is 0.750. The minimum atomic E-state index is 0.0919. The van der Waals surface area contributed by atoms with Gasteiger partial charge >= 0.3 is 0 Å². The Hall–Kier alpha value is -0.870. The van der Waals surface area contributed by atoms with Gasteiger partial charge in [0.15, 0.2) is 0 Å². The Bertz CT molecular complexity index is 334. The van der Waals surface area contributed by atoms with Crippen molar-refractivity contribution in [2.75, 3.05) is 13.1 Å². The molecule has 2 N–H and O–H groups in total. The number of rotatable bonds is 3. The van der Waals surface area contributed by atoms with Gasteiger partial charge in [0, 0.05) is 37.4 Å². The van der Waals surface area contributed by atoms with Crippen LogP contribution in [0.3, 0.4) is 0 Å². The largest absolute Gasteiger partial charge is 0.323 e. The van der Waals surface area contributed by atoms with Crippen LogP contribution in [-0.2, 0) is 7.05 Å². The number of aromatic nitrogens is 2. The summed E-state index contributed by atoms with van der Waals surface area (Å²) in [6, 6.07) is 0.769. The molecule has 0 bridgehead atoms. The fourth-order valence-corrected chi connectivity index (χ4v) is 2.42. The molecule has 2 unspecified atom stereocenters. The molecule has 0 amide bonds. The molecule has 1 aliphatic heterocycles. The summed E-state index contributed by atoms with van der Waals surface area (Å²) in [7, 11) is 1.93. The number of nitrogens with two attached hydrogens (primary N) is 1. The van der Waals surface area contributed by atoms with E-state index in [-0.39, 0.29) is 6.04 Å². The van der Waals surface area contributed by atoms with Crippen LogP contribution in [0.4, 0.5) is 0 Å². The van der Waals surface area contributed by atoms with Crippen molar-refractivity contribution in [1.29, 1.82) is 0 Å². The average molecular weight is 222 g/mol. The van der Waals surface area contributed by atoms with Crippen molar-refractivity contribution in [2.24, 2.45) is 12.8 Å². The Morgan fingerprint density at radius 2 is 2.38 bits per heavy atom. The topological polar surface area (TPSA) is 47.1 Å². The molecular weight excluding hydrogens is 200 g/mol. The van der Waals surface area contributed by atoms with Gasteiger partial charge in [-0.1, -0.05) is 6.42 Å². The molecule has 1 fully saturated rings. The van der Waals surface area contributed by atoms with Gasteiger partial charge in [0.05, 0.1) is 6.20 Å². The average Bonchev–Trinajstić information content (AvgIpc) is 2.68. The highest BCUT2D eigenvalue weighted by atomic mass is 15.2. The Kier molecular flexibility index (Phi) is 3.61. The highest BCUT2D eigenvalue weighted by molar-refractivity contribution is 5.10. The normalized spacial score (nSPS) is 24.6. The van der Waals surface area contributed by atoms with Crippen LogP contribution in [0.25, 0.3) is 0 Å². The molecule has 2 atom stereocenters. The number of nitrogens with zero attached hydrogens (tertiary/aromatic N) is 3. The molecule has 1 saturated heterocycles. The van der Waals surface area contributed by atoms with E-state index in [2.05, 4.69) is 16.9 Å². The second-order valence-electron chi connectivity index (χ2n) is 4.89. The van der Waals surface area contributed by atoms with E-state index in [1.165, 1.54) is 25.8 Å². The molecule has 90 valence electrons. The van der Waals surface area contributed by atoms with Gasteiger partial charge in [-0.25, -0.2) is 0 Å². The highest BCUT2D eigenvalue weighted by Gasteiger charge is 2.21. The summed E-state index contributed by atoms with van der Waals surface area (Å²) in [6.07, 6.45) is 7.86. The first kappa shape index (κ1) is 11.6. The van der Waals surface area contributed by atoms with Crippen molar-refractivity contribution in [3.63, 3.8) is 0 Å². The zero-order valence-electron chi connectivity index (χ0n) is 10.3. The van der Waals surface area contributed by atoms with Gasteiger partial charge in [0.1, 0.15) is 0 Å². The van der Waals surface area contributed by atoms with Gasteiger partial charge in [-0.3, -0.25) is 9.58 Å². The summed E-state index contributed by atoms with van der Waals surface area (Å²) in [5.41, 5.74) is 7.35. The lowest BCUT2D eigenvalue weighted by Crippen LogP contribution is -2.41. The zero-order chi connectivity index (χ0) is 11.5. The number of hydrogen-bond donors (Lipinski definition) is 1.